The molecule has 2 aromatic rings. The van der Waals surface area contributed by atoms with Crippen LogP contribution in [0.15, 0.2) is 54.6 Å². The molecule has 0 N–H and O–H groups in total. The summed E-state index contributed by atoms with van der Waals surface area (Å²) in [4.78, 5) is 10.6. The first-order valence-corrected chi connectivity index (χ1v) is 10.1. The lowest BCUT2D eigenvalue weighted by Gasteiger charge is -2.36. The maximum absolute atomic E-state index is 10.9. The largest absolute Gasteiger partial charge is 0.370 e. The van der Waals surface area contributed by atoms with Gasteiger partial charge in [-0.05, 0) is 48.4 Å². The van der Waals surface area contributed by atoms with Crippen molar-refractivity contribution in [1.82, 2.24) is 0 Å². The molecule has 2 aromatic carbocycles. The number of benzene rings is 2. The van der Waals surface area contributed by atoms with Crippen molar-refractivity contribution in [1.29, 1.82) is 0 Å². The summed E-state index contributed by atoms with van der Waals surface area (Å²) in [7, 11) is 0. The number of nitro benzene ring substituents is 1. The second-order valence-electron chi connectivity index (χ2n) is 7.52. The van der Waals surface area contributed by atoms with Crippen molar-refractivity contribution in [3.63, 3.8) is 0 Å². The third-order valence-electron chi connectivity index (χ3n) is 5.53. The molecule has 1 fully saturated rings. The normalized spacial score (nSPS) is 22.5. The Kier molecular flexibility index (Phi) is 6.99. The molecular formula is C23H29NO3. The van der Waals surface area contributed by atoms with E-state index in [1.807, 2.05) is 12.1 Å². The molecular weight excluding hydrogens is 338 g/mol. The van der Waals surface area contributed by atoms with E-state index < -0.39 is 0 Å². The average molecular weight is 367 g/mol. The number of hydrogen-bond acceptors (Lipinski definition) is 3. The summed E-state index contributed by atoms with van der Waals surface area (Å²) in [5.41, 5.74) is 2.54. The maximum Gasteiger partial charge on any atom is 0.269 e. The van der Waals surface area contributed by atoms with Crippen LogP contribution in [0.5, 0.6) is 0 Å². The Bertz CT molecular complexity index is 714. The molecule has 0 aromatic heterocycles. The lowest BCUT2D eigenvalue weighted by molar-refractivity contribution is -0.384. The van der Waals surface area contributed by atoms with E-state index >= 15 is 0 Å². The van der Waals surface area contributed by atoms with Crippen LogP contribution in [-0.2, 0) is 4.74 Å². The first-order valence-electron chi connectivity index (χ1n) is 10.1. The smallest absolute Gasteiger partial charge is 0.269 e. The van der Waals surface area contributed by atoms with Crippen LogP contribution in [0.1, 0.15) is 75.0 Å². The van der Waals surface area contributed by atoms with Crippen LogP contribution in [0.2, 0.25) is 0 Å². The SMILES string of the molecule is CCCCCC[C@@H]1C[C@H](c2ccccc2)C[C@H](c2ccc([N+](=O)[O-])cc2)O1. The van der Waals surface area contributed by atoms with Gasteiger partial charge in [0.1, 0.15) is 0 Å². The standard InChI is InChI=1S/C23H29NO3/c1-2-3-4-8-11-22-16-20(18-9-6-5-7-10-18)17-23(27-22)19-12-14-21(15-13-19)24(25)26/h5-7,9-10,12-15,20,22-23H,2-4,8,11,16-17H2,1H3/t20-,22+,23+/m0/s1. The predicted octanol–water partition coefficient (Wildman–Crippen LogP) is 6.57. The monoisotopic (exact) mass is 367 g/mol. The van der Waals surface area contributed by atoms with Crippen LogP contribution in [0.4, 0.5) is 5.69 Å². The van der Waals surface area contributed by atoms with Gasteiger partial charge in [-0.2, -0.15) is 0 Å². The van der Waals surface area contributed by atoms with Gasteiger partial charge in [-0.25, -0.2) is 0 Å². The quantitative estimate of drug-likeness (QED) is 0.301. The lowest BCUT2D eigenvalue weighted by Crippen LogP contribution is -2.27. The Morgan fingerprint density at radius 2 is 1.70 bits per heavy atom. The average Bonchev–Trinajstić information content (AvgIpc) is 2.72. The van der Waals surface area contributed by atoms with Crippen molar-refractivity contribution in [3.05, 3.63) is 75.8 Å². The predicted molar refractivity (Wildman–Crippen MR) is 108 cm³/mol. The van der Waals surface area contributed by atoms with Gasteiger partial charge in [0.15, 0.2) is 0 Å². The summed E-state index contributed by atoms with van der Waals surface area (Å²) in [6.45, 7) is 2.23. The van der Waals surface area contributed by atoms with Gasteiger partial charge < -0.3 is 4.74 Å². The molecule has 0 saturated carbocycles. The topological polar surface area (TPSA) is 52.4 Å². The van der Waals surface area contributed by atoms with Crippen molar-refractivity contribution in [3.8, 4) is 0 Å². The first-order chi connectivity index (χ1) is 13.2. The van der Waals surface area contributed by atoms with E-state index in [-0.39, 0.29) is 22.8 Å². The van der Waals surface area contributed by atoms with Gasteiger partial charge in [-0.15, -0.1) is 0 Å². The number of rotatable bonds is 8. The van der Waals surface area contributed by atoms with E-state index in [1.54, 1.807) is 12.1 Å². The molecule has 3 rings (SSSR count). The fourth-order valence-electron chi connectivity index (χ4n) is 4.02. The highest BCUT2D eigenvalue weighted by atomic mass is 16.6. The third kappa shape index (κ3) is 5.39. The van der Waals surface area contributed by atoms with E-state index in [0.29, 0.717) is 5.92 Å². The Labute approximate surface area is 161 Å². The van der Waals surface area contributed by atoms with Gasteiger partial charge in [0.2, 0.25) is 0 Å². The molecule has 27 heavy (non-hydrogen) atoms. The fourth-order valence-corrected chi connectivity index (χ4v) is 4.02. The minimum absolute atomic E-state index is 0.000866. The number of ether oxygens (including phenoxy) is 1. The number of non-ortho nitro benzene ring substituents is 1. The Morgan fingerprint density at radius 3 is 2.37 bits per heavy atom. The molecule has 4 nitrogen and oxygen atoms in total. The zero-order chi connectivity index (χ0) is 19.1. The molecule has 1 aliphatic rings. The van der Waals surface area contributed by atoms with Crippen molar-refractivity contribution in [2.24, 2.45) is 0 Å². The van der Waals surface area contributed by atoms with Gasteiger partial charge in [-0.3, -0.25) is 10.1 Å². The molecule has 0 spiro atoms. The van der Waals surface area contributed by atoms with Crippen molar-refractivity contribution >= 4 is 5.69 Å². The molecule has 0 radical (unpaired) electrons. The summed E-state index contributed by atoms with van der Waals surface area (Å²) in [5.74, 6) is 0.469. The Hall–Kier alpha value is -2.20. The van der Waals surface area contributed by atoms with Gasteiger partial charge >= 0.3 is 0 Å². The molecule has 0 unspecified atom stereocenters. The molecule has 0 aliphatic carbocycles. The Balaban J connectivity index is 1.74. The summed E-state index contributed by atoms with van der Waals surface area (Å²) in [5, 5.41) is 10.9. The van der Waals surface area contributed by atoms with Gasteiger partial charge in [-0.1, -0.05) is 62.9 Å². The molecule has 1 aliphatic heterocycles. The number of nitrogens with zero attached hydrogens (tertiary/aromatic N) is 1. The van der Waals surface area contributed by atoms with Crippen LogP contribution in [0, 0.1) is 10.1 Å². The second kappa shape index (κ2) is 9.65. The molecule has 4 heteroatoms. The highest BCUT2D eigenvalue weighted by Crippen LogP contribution is 2.41. The highest BCUT2D eigenvalue weighted by molar-refractivity contribution is 5.34. The lowest BCUT2D eigenvalue weighted by atomic mass is 9.83. The van der Waals surface area contributed by atoms with Crippen LogP contribution >= 0.6 is 0 Å². The summed E-state index contributed by atoms with van der Waals surface area (Å²) in [6, 6.07) is 17.5. The second-order valence-corrected chi connectivity index (χ2v) is 7.52. The Morgan fingerprint density at radius 1 is 0.963 bits per heavy atom. The van der Waals surface area contributed by atoms with E-state index in [2.05, 4.69) is 37.3 Å². The van der Waals surface area contributed by atoms with Crippen molar-refractivity contribution in [2.45, 2.75) is 70.0 Å². The number of nitro groups is 1. The first kappa shape index (κ1) is 19.6. The maximum atomic E-state index is 10.9. The van der Waals surface area contributed by atoms with Crippen LogP contribution in [0.25, 0.3) is 0 Å². The fraction of sp³-hybridized carbons (Fsp3) is 0.478. The van der Waals surface area contributed by atoms with Gasteiger partial charge in [0.05, 0.1) is 17.1 Å². The molecule has 1 heterocycles. The summed E-state index contributed by atoms with van der Waals surface area (Å²) >= 11 is 0. The third-order valence-corrected chi connectivity index (χ3v) is 5.53. The molecule has 3 atom stereocenters. The van der Waals surface area contributed by atoms with Crippen molar-refractivity contribution in [2.75, 3.05) is 0 Å². The van der Waals surface area contributed by atoms with Gasteiger partial charge in [0.25, 0.3) is 5.69 Å². The molecule has 0 amide bonds. The number of hydrogen-bond donors (Lipinski definition) is 0. The van der Waals surface area contributed by atoms with Crippen LogP contribution in [-0.4, -0.2) is 11.0 Å². The summed E-state index contributed by atoms with van der Waals surface area (Å²) in [6.07, 6.45) is 8.30. The van der Waals surface area contributed by atoms with Gasteiger partial charge in [0, 0.05) is 12.1 Å². The van der Waals surface area contributed by atoms with E-state index in [4.69, 9.17) is 4.74 Å². The molecule has 144 valence electrons. The minimum Gasteiger partial charge on any atom is -0.370 e. The highest BCUT2D eigenvalue weighted by Gasteiger charge is 2.31. The zero-order valence-electron chi connectivity index (χ0n) is 16.0. The van der Waals surface area contributed by atoms with E-state index in [9.17, 15) is 10.1 Å². The molecule has 1 saturated heterocycles. The summed E-state index contributed by atoms with van der Waals surface area (Å²) < 4.78 is 6.43. The zero-order valence-corrected chi connectivity index (χ0v) is 16.0. The minimum atomic E-state index is -0.352. The van der Waals surface area contributed by atoms with Crippen LogP contribution < -0.4 is 0 Å². The van der Waals surface area contributed by atoms with Crippen LogP contribution in [0.3, 0.4) is 0 Å². The van der Waals surface area contributed by atoms with E-state index in [1.165, 1.54) is 31.2 Å². The van der Waals surface area contributed by atoms with E-state index in [0.717, 1.165) is 24.8 Å². The van der Waals surface area contributed by atoms with Crippen molar-refractivity contribution < 1.29 is 9.66 Å². The number of unbranched alkanes of at least 4 members (excludes halogenated alkanes) is 3. The molecule has 0 bridgehead atoms.